The number of nitrogens with zero attached hydrogens (tertiary/aromatic N) is 2. The van der Waals surface area contributed by atoms with E-state index in [4.69, 9.17) is 0 Å². The molecule has 0 aliphatic heterocycles. The number of aromatic nitrogens is 2. The van der Waals surface area contributed by atoms with Gasteiger partial charge in [-0.1, -0.05) is 15.9 Å². The van der Waals surface area contributed by atoms with Gasteiger partial charge in [-0.25, -0.2) is 0 Å². The molecule has 19 heavy (non-hydrogen) atoms. The minimum absolute atomic E-state index is 0.00357. The van der Waals surface area contributed by atoms with Crippen molar-refractivity contribution >= 4 is 27.8 Å². The van der Waals surface area contributed by atoms with Crippen molar-refractivity contribution in [1.82, 2.24) is 9.78 Å². The highest BCUT2D eigenvalue weighted by Gasteiger charge is 2.04. The lowest BCUT2D eigenvalue weighted by atomic mass is 10.1. The van der Waals surface area contributed by atoms with E-state index in [1.54, 1.807) is 24.4 Å². The van der Waals surface area contributed by atoms with E-state index < -0.39 is 0 Å². The minimum atomic E-state index is -0.00357. The van der Waals surface area contributed by atoms with Crippen LogP contribution < -0.4 is 0 Å². The summed E-state index contributed by atoms with van der Waals surface area (Å²) in [7, 11) is 0. The summed E-state index contributed by atoms with van der Waals surface area (Å²) in [5.74, 6) is -0.00357. The predicted octanol–water partition coefficient (Wildman–Crippen LogP) is 3.87. The molecule has 0 unspecified atom stereocenters. The van der Waals surface area contributed by atoms with Crippen LogP contribution in [0.25, 0.3) is 6.08 Å². The lowest BCUT2D eigenvalue weighted by molar-refractivity contribution is 0.104. The molecule has 0 amide bonds. The second-order valence-corrected chi connectivity index (χ2v) is 5.12. The number of aryl methyl sites for hydroxylation is 1. The van der Waals surface area contributed by atoms with Crippen LogP contribution in [0.5, 0.6) is 0 Å². The fourth-order valence-electron chi connectivity index (χ4n) is 1.82. The lowest BCUT2D eigenvalue weighted by Crippen LogP contribution is -1.98. The molecule has 4 heteroatoms. The molecule has 0 bridgehead atoms. The maximum atomic E-state index is 12.0. The van der Waals surface area contributed by atoms with Crippen molar-refractivity contribution in [2.24, 2.45) is 0 Å². The first kappa shape index (κ1) is 13.7. The SMILES string of the molecule is CCn1ncc(C=CC(=O)c2ccc(Br)cc2)c1C. The number of allylic oxidation sites excluding steroid dienone is 1. The summed E-state index contributed by atoms with van der Waals surface area (Å²) in [6.45, 7) is 4.88. The molecule has 0 aliphatic rings. The third kappa shape index (κ3) is 3.20. The Balaban J connectivity index is 2.16. The first-order chi connectivity index (χ1) is 9.11. The van der Waals surface area contributed by atoms with E-state index in [0.29, 0.717) is 5.56 Å². The first-order valence-corrected chi connectivity index (χ1v) is 6.91. The Hall–Kier alpha value is -1.68. The van der Waals surface area contributed by atoms with Gasteiger partial charge in [-0.05, 0) is 50.3 Å². The number of benzene rings is 1. The van der Waals surface area contributed by atoms with Crippen molar-refractivity contribution in [3.05, 3.63) is 57.8 Å². The normalized spacial score (nSPS) is 11.1. The molecule has 0 spiro atoms. The second-order valence-electron chi connectivity index (χ2n) is 4.21. The Labute approximate surface area is 121 Å². The van der Waals surface area contributed by atoms with Gasteiger partial charge in [0, 0.05) is 27.8 Å². The molecule has 0 fully saturated rings. The van der Waals surface area contributed by atoms with Gasteiger partial charge in [0.25, 0.3) is 0 Å². The molecule has 3 nitrogen and oxygen atoms in total. The molecule has 0 aliphatic carbocycles. The molecule has 1 aromatic carbocycles. The largest absolute Gasteiger partial charge is 0.289 e. The van der Waals surface area contributed by atoms with Gasteiger partial charge < -0.3 is 0 Å². The summed E-state index contributed by atoms with van der Waals surface area (Å²) in [6.07, 6.45) is 5.19. The fourth-order valence-corrected chi connectivity index (χ4v) is 2.08. The van der Waals surface area contributed by atoms with Crippen LogP contribution in [0.2, 0.25) is 0 Å². The molecule has 0 saturated heterocycles. The van der Waals surface area contributed by atoms with Gasteiger partial charge in [-0.3, -0.25) is 9.48 Å². The van der Waals surface area contributed by atoms with E-state index in [1.165, 1.54) is 0 Å². The molecule has 0 saturated carbocycles. The van der Waals surface area contributed by atoms with Crippen LogP contribution in [0.3, 0.4) is 0 Å². The molecule has 2 rings (SSSR count). The second kappa shape index (κ2) is 5.97. The van der Waals surface area contributed by atoms with Gasteiger partial charge in [0.2, 0.25) is 0 Å². The van der Waals surface area contributed by atoms with Gasteiger partial charge in [-0.15, -0.1) is 0 Å². The zero-order valence-corrected chi connectivity index (χ0v) is 12.5. The van der Waals surface area contributed by atoms with Gasteiger partial charge in [-0.2, -0.15) is 5.10 Å². The van der Waals surface area contributed by atoms with Crippen LogP contribution in [0.4, 0.5) is 0 Å². The van der Waals surface area contributed by atoms with E-state index in [2.05, 4.69) is 21.0 Å². The van der Waals surface area contributed by atoms with Crippen LogP contribution >= 0.6 is 15.9 Å². The molecule has 98 valence electrons. The average Bonchev–Trinajstić information content (AvgIpc) is 2.77. The van der Waals surface area contributed by atoms with Crippen LogP contribution in [0, 0.1) is 6.92 Å². The molecular formula is C15H15BrN2O. The number of hydrogen-bond donors (Lipinski definition) is 0. The van der Waals surface area contributed by atoms with Crippen molar-refractivity contribution in [1.29, 1.82) is 0 Å². The highest BCUT2D eigenvalue weighted by Crippen LogP contribution is 2.13. The Kier molecular flexibility index (Phi) is 4.32. The Morgan fingerprint density at radius 1 is 1.37 bits per heavy atom. The molecular weight excluding hydrogens is 304 g/mol. The van der Waals surface area contributed by atoms with Crippen molar-refractivity contribution in [2.75, 3.05) is 0 Å². The molecule has 1 aromatic heterocycles. The lowest BCUT2D eigenvalue weighted by Gasteiger charge is -1.99. The topological polar surface area (TPSA) is 34.9 Å². The summed E-state index contributed by atoms with van der Waals surface area (Å²) < 4.78 is 2.87. The predicted molar refractivity (Wildman–Crippen MR) is 80.1 cm³/mol. The van der Waals surface area contributed by atoms with Crippen LogP contribution in [-0.2, 0) is 6.54 Å². The summed E-state index contributed by atoms with van der Waals surface area (Å²) in [4.78, 5) is 12.0. The molecule has 0 atom stereocenters. The fraction of sp³-hybridized carbons (Fsp3) is 0.200. The Morgan fingerprint density at radius 3 is 2.63 bits per heavy atom. The highest BCUT2D eigenvalue weighted by molar-refractivity contribution is 9.10. The number of halogens is 1. The first-order valence-electron chi connectivity index (χ1n) is 6.12. The van der Waals surface area contributed by atoms with Gasteiger partial charge in [0.1, 0.15) is 0 Å². The average molecular weight is 319 g/mol. The summed E-state index contributed by atoms with van der Waals surface area (Å²) in [5.41, 5.74) is 2.73. The van der Waals surface area contributed by atoms with Crippen LogP contribution in [-0.4, -0.2) is 15.6 Å². The van der Waals surface area contributed by atoms with Crippen molar-refractivity contribution in [3.63, 3.8) is 0 Å². The maximum Gasteiger partial charge on any atom is 0.185 e. The summed E-state index contributed by atoms with van der Waals surface area (Å²) >= 11 is 3.35. The van der Waals surface area contributed by atoms with E-state index in [-0.39, 0.29) is 5.78 Å². The van der Waals surface area contributed by atoms with E-state index >= 15 is 0 Å². The van der Waals surface area contributed by atoms with Crippen LogP contribution in [0.15, 0.2) is 41.0 Å². The van der Waals surface area contributed by atoms with Crippen LogP contribution in [0.1, 0.15) is 28.5 Å². The summed E-state index contributed by atoms with van der Waals surface area (Å²) in [6, 6.07) is 7.33. The number of hydrogen-bond acceptors (Lipinski definition) is 2. The smallest absolute Gasteiger partial charge is 0.185 e. The number of carbonyl (C=O) groups is 1. The van der Waals surface area contributed by atoms with Gasteiger partial charge in [0.15, 0.2) is 5.78 Å². The standard InChI is InChI=1S/C15H15BrN2O/c1-3-18-11(2)13(10-17-18)6-9-15(19)12-4-7-14(16)8-5-12/h4-10H,3H2,1-2H3. The number of rotatable bonds is 4. The number of carbonyl (C=O) groups excluding carboxylic acids is 1. The van der Waals surface area contributed by atoms with E-state index in [1.807, 2.05) is 36.7 Å². The summed E-state index contributed by atoms with van der Waals surface area (Å²) in [5, 5.41) is 4.24. The van der Waals surface area contributed by atoms with Crippen molar-refractivity contribution in [3.8, 4) is 0 Å². The zero-order valence-electron chi connectivity index (χ0n) is 10.9. The zero-order chi connectivity index (χ0) is 13.8. The number of ketones is 1. The minimum Gasteiger partial charge on any atom is -0.289 e. The van der Waals surface area contributed by atoms with E-state index in [0.717, 1.165) is 22.3 Å². The molecule has 0 radical (unpaired) electrons. The molecule has 1 heterocycles. The molecule has 2 aromatic rings. The third-order valence-electron chi connectivity index (χ3n) is 2.98. The van der Waals surface area contributed by atoms with Gasteiger partial charge in [0.05, 0.1) is 6.20 Å². The van der Waals surface area contributed by atoms with Gasteiger partial charge >= 0.3 is 0 Å². The van der Waals surface area contributed by atoms with E-state index in [9.17, 15) is 4.79 Å². The Bertz CT molecular complexity index is 612. The van der Waals surface area contributed by atoms with Crippen molar-refractivity contribution < 1.29 is 4.79 Å². The third-order valence-corrected chi connectivity index (χ3v) is 3.51. The maximum absolute atomic E-state index is 12.0. The van der Waals surface area contributed by atoms with Crippen molar-refractivity contribution in [2.45, 2.75) is 20.4 Å². The highest BCUT2D eigenvalue weighted by atomic mass is 79.9. The Morgan fingerprint density at radius 2 is 2.05 bits per heavy atom. The molecule has 0 N–H and O–H groups in total. The monoisotopic (exact) mass is 318 g/mol. The quantitative estimate of drug-likeness (QED) is 0.633.